The first-order valence-corrected chi connectivity index (χ1v) is 8.48. The first kappa shape index (κ1) is 15.0. The summed E-state index contributed by atoms with van der Waals surface area (Å²) in [6.07, 6.45) is 1.15. The zero-order valence-electron chi connectivity index (χ0n) is 12.1. The van der Waals surface area contributed by atoms with Gasteiger partial charge in [-0.2, -0.15) is 0 Å². The molecule has 1 nitrogen and oxygen atoms in total. The van der Waals surface area contributed by atoms with Gasteiger partial charge in [0.25, 0.3) is 0 Å². The number of halogens is 1. The van der Waals surface area contributed by atoms with Crippen LogP contribution in [0.5, 0.6) is 0 Å². The molecule has 1 N–H and O–H groups in total. The molecule has 2 rings (SSSR count). The molecule has 0 bridgehead atoms. The van der Waals surface area contributed by atoms with E-state index in [0.29, 0.717) is 11.5 Å². The molecular weight excluding hydrogens is 318 g/mol. The molecule has 0 aliphatic heterocycles. The monoisotopic (exact) mass is 339 g/mol. The van der Waals surface area contributed by atoms with Gasteiger partial charge >= 0.3 is 0 Å². The molecule has 1 aromatic carbocycles. The number of benzene rings is 1. The van der Waals surface area contributed by atoms with Gasteiger partial charge in [-0.25, -0.2) is 0 Å². The van der Waals surface area contributed by atoms with Gasteiger partial charge in [0.05, 0.1) is 0 Å². The molecule has 0 aliphatic carbocycles. The number of rotatable bonds is 4. The zero-order chi connectivity index (χ0) is 14.0. The Kier molecular flexibility index (Phi) is 4.70. The molecule has 0 amide bonds. The summed E-state index contributed by atoms with van der Waals surface area (Å²) in [6.45, 7) is 10.1. The summed E-state index contributed by atoms with van der Waals surface area (Å²) in [5.74, 6) is 0. The van der Waals surface area contributed by atoms with E-state index in [-0.39, 0.29) is 0 Å². The molecule has 0 spiro atoms. The van der Waals surface area contributed by atoms with Crippen molar-refractivity contribution in [3.63, 3.8) is 0 Å². The third-order valence-corrected chi connectivity index (χ3v) is 5.19. The summed E-state index contributed by atoms with van der Waals surface area (Å²) in [6, 6.07) is 6.92. The Labute approximate surface area is 128 Å². The molecule has 1 unspecified atom stereocenters. The van der Waals surface area contributed by atoms with Gasteiger partial charge in [-0.05, 0) is 56.7 Å². The van der Waals surface area contributed by atoms with Crippen molar-refractivity contribution in [1.82, 2.24) is 5.32 Å². The second kappa shape index (κ2) is 5.94. The van der Waals surface area contributed by atoms with Crippen LogP contribution in [0.4, 0.5) is 0 Å². The largest absolute Gasteiger partial charge is 0.310 e. The molecule has 3 heteroatoms. The van der Waals surface area contributed by atoms with E-state index in [1.54, 1.807) is 0 Å². The lowest BCUT2D eigenvalue weighted by molar-refractivity contribution is 0.315. The molecule has 0 saturated heterocycles. The van der Waals surface area contributed by atoms with Crippen molar-refractivity contribution in [2.45, 2.75) is 40.2 Å². The third-order valence-electron chi connectivity index (χ3n) is 3.22. The van der Waals surface area contributed by atoms with Gasteiger partial charge in [-0.15, -0.1) is 11.3 Å². The molecule has 104 valence electrons. The Bertz CT molecular complexity index is 553. The van der Waals surface area contributed by atoms with E-state index in [1.807, 2.05) is 11.3 Å². The molecule has 1 aromatic heterocycles. The average molecular weight is 340 g/mol. The van der Waals surface area contributed by atoms with E-state index in [1.165, 1.54) is 20.1 Å². The van der Waals surface area contributed by atoms with Crippen molar-refractivity contribution in [3.05, 3.63) is 33.6 Å². The summed E-state index contributed by atoms with van der Waals surface area (Å²) in [5, 5.41) is 7.34. The Hall–Kier alpha value is -0.380. The van der Waals surface area contributed by atoms with E-state index in [0.717, 1.165) is 13.0 Å². The highest BCUT2D eigenvalue weighted by Gasteiger charge is 2.22. The zero-order valence-corrected chi connectivity index (χ0v) is 14.5. The van der Waals surface area contributed by atoms with Gasteiger partial charge in [0.1, 0.15) is 0 Å². The molecule has 0 radical (unpaired) electrons. The summed E-state index contributed by atoms with van der Waals surface area (Å²) >= 11 is 5.48. The van der Waals surface area contributed by atoms with Crippen LogP contribution in [0.15, 0.2) is 28.1 Å². The topological polar surface area (TPSA) is 12.0 Å². The maximum Gasteiger partial charge on any atom is 0.0488 e. The fourth-order valence-corrected chi connectivity index (χ4v) is 4.14. The maximum atomic E-state index is 3.65. The molecule has 19 heavy (non-hydrogen) atoms. The summed E-state index contributed by atoms with van der Waals surface area (Å²) in [5.41, 5.74) is 1.77. The van der Waals surface area contributed by atoms with E-state index in [9.17, 15) is 0 Å². The Morgan fingerprint density at radius 1 is 1.32 bits per heavy atom. The van der Waals surface area contributed by atoms with Gasteiger partial charge in [0.15, 0.2) is 0 Å². The predicted octanol–water partition coefficient (Wildman–Crippen LogP) is 5.75. The normalized spacial score (nSPS) is 13.9. The molecule has 0 fully saturated rings. The first-order valence-electron chi connectivity index (χ1n) is 6.81. The second-order valence-corrected chi connectivity index (χ2v) is 7.92. The van der Waals surface area contributed by atoms with Gasteiger partial charge < -0.3 is 5.32 Å². The quantitative estimate of drug-likeness (QED) is 0.747. The molecule has 0 aliphatic rings. The Morgan fingerprint density at radius 2 is 2.05 bits per heavy atom. The van der Waals surface area contributed by atoms with E-state index >= 15 is 0 Å². The minimum Gasteiger partial charge on any atom is -0.310 e. The van der Waals surface area contributed by atoms with Crippen LogP contribution < -0.4 is 5.32 Å². The van der Waals surface area contributed by atoms with Crippen LogP contribution >= 0.6 is 27.3 Å². The van der Waals surface area contributed by atoms with Gasteiger partial charge in [-0.3, -0.25) is 0 Å². The minimum atomic E-state index is 0.326. The number of nitrogens with one attached hydrogen (secondary N) is 1. The molecule has 1 atom stereocenters. The highest BCUT2D eigenvalue weighted by molar-refractivity contribution is 9.10. The van der Waals surface area contributed by atoms with Gasteiger partial charge in [-0.1, -0.05) is 39.8 Å². The van der Waals surface area contributed by atoms with E-state index in [2.05, 4.69) is 72.5 Å². The summed E-state index contributed by atoms with van der Waals surface area (Å²) in [7, 11) is 0. The number of hydrogen-bond donors (Lipinski definition) is 1. The van der Waals surface area contributed by atoms with Crippen LogP contribution in [0, 0.1) is 5.41 Å². The van der Waals surface area contributed by atoms with Gasteiger partial charge in [0.2, 0.25) is 0 Å². The fraction of sp³-hybridized carbons (Fsp3) is 0.500. The molecular formula is C16H22BrNS. The second-order valence-electron chi connectivity index (χ2n) is 6.18. The van der Waals surface area contributed by atoms with Crippen LogP contribution in [-0.4, -0.2) is 6.54 Å². The van der Waals surface area contributed by atoms with Crippen molar-refractivity contribution in [3.8, 4) is 0 Å². The smallest absolute Gasteiger partial charge is 0.0488 e. The predicted molar refractivity (Wildman–Crippen MR) is 90.0 cm³/mol. The Balaban J connectivity index is 2.42. The lowest BCUT2D eigenvalue weighted by Crippen LogP contribution is -2.25. The van der Waals surface area contributed by atoms with Crippen LogP contribution in [0.1, 0.15) is 45.7 Å². The van der Waals surface area contributed by atoms with Crippen LogP contribution in [-0.2, 0) is 0 Å². The van der Waals surface area contributed by atoms with Crippen molar-refractivity contribution >= 4 is 37.4 Å². The minimum absolute atomic E-state index is 0.326. The lowest BCUT2D eigenvalue weighted by Gasteiger charge is -2.26. The van der Waals surface area contributed by atoms with Crippen LogP contribution in [0.25, 0.3) is 10.1 Å². The van der Waals surface area contributed by atoms with E-state index in [4.69, 9.17) is 0 Å². The van der Waals surface area contributed by atoms with E-state index < -0.39 is 0 Å². The highest BCUT2D eigenvalue weighted by Crippen LogP contribution is 2.38. The number of thiophene rings is 1. The third kappa shape index (κ3) is 3.59. The SMILES string of the molecule is CCNC(CC(C)(C)C)c1csc2c(Br)cccc12. The van der Waals surface area contributed by atoms with Crippen molar-refractivity contribution in [1.29, 1.82) is 0 Å². The highest BCUT2D eigenvalue weighted by atomic mass is 79.9. The lowest BCUT2D eigenvalue weighted by atomic mass is 9.85. The average Bonchev–Trinajstić information content (AvgIpc) is 2.72. The summed E-state index contributed by atoms with van der Waals surface area (Å²) < 4.78 is 2.56. The van der Waals surface area contributed by atoms with Crippen LogP contribution in [0.3, 0.4) is 0 Å². The van der Waals surface area contributed by atoms with Crippen molar-refractivity contribution < 1.29 is 0 Å². The molecule has 2 aromatic rings. The van der Waals surface area contributed by atoms with Crippen LogP contribution in [0.2, 0.25) is 0 Å². The first-order chi connectivity index (χ1) is 8.92. The fourth-order valence-electron chi connectivity index (χ4n) is 2.46. The van der Waals surface area contributed by atoms with Crippen molar-refractivity contribution in [2.24, 2.45) is 5.41 Å². The summed E-state index contributed by atoms with van der Waals surface area (Å²) in [4.78, 5) is 0. The Morgan fingerprint density at radius 3 is 2.68 bits per heavy atom. The standard InChI is InChI=1S/C16H22BrNS/c1-5-18-14(9-16(2,3)4)12-10-19-15-11(12)7-6-8-13(15)17/h6-8,10,14,18H,5,9H2,1-4H3. The van der Waals surface area contributed by atoms with Gasteiger partial charge in [0, 0.05) is 15.2 Å². The maximum absolute atomic E-state index is 3.65. The molecule has 1 heterocycles. The van der Waals surface area contributed by atoms with Crippen molar-refractivity contribution in [2.75, 3.05) is 6.54 Å². The number of hydrogen-bond acceptors (Lipinski definition) is 2. The molecule has 0 saturated carbocycles. The number of fused-ring (bicyclic) bond motifs is 1.